The molecular weight excluding hydrogens is 138 g/mol. The summed E-state index contributed by atoms with van der Waals surface area (Å²) in [5.74, 6) is 0.895. The second kappa shape index (κ2) is 5.92. The van der Waals surface area contributed by atoms with Gasteiger partial charge in [0.05, 0.1) is 0 Å². The summed E-state index contributed by atoms with van der Waals surface area (Å²) in [6.45, 7) is 11.7. The van der Waals surface area contributed by atoms with Crippen molar-refractivity contribution in [3.63, 3.8) is 0 Å². The lowest BCUT2D eigenvalue weighted by molar-refractivity contribution is 0.563. The molecule has 0 saturated carbocycles. The Kier molecular flexibility index (Phi) is 6.03. The molecule has 0 rings (SSSR count). The zero-order valence-electron chi connectivity index (χ0n) is 7.78. The van der Waals surface area contributed by atoms with Crippen LogP contribution in [0.25, 0.3) is 0 Å². The minimum atomic E-state index is -0.311. The maximum absolute atomic E-state index is 3.38. The van der Waals surface area contributed by atoms with E-state index in [4.69, 9.17) is 0 Å². The maximum Gasteiger partial charge on any atom is 0.0308 e. The van der Waals surface area contributed by atoms with Gasteiger partial charge in [-0.05, 0) is 19.0 Å². The molecule has 0 heterocycles. The molecule has 0 aromatic carbocycles. The van der Waals surface area contributed by atoms with Crippen LogP contribution in [-0.4, -0.2) is 21.9 Å². The Bertz CT molecular complexity index is 73.7. The summed E-state index contributed by atoms with van der Waals surface area (Å²) in [6, 6.07) is 1.48. The van der Waals surface area contributed by atoms with Crippen LogP contribution in [0.4, 0.5) is 0 Å². The summed E-state index contributed by atoms with van der Waals surface area (Å²) < 4.78 is 0. The van der Waals surface area contributed by atoms with Crippen molar-refractivity contribution in [2.24, 2.45) is 5.92 Å². The molecule has 1 nitrogen and oxygen atoms in total. The standard InChI is InChI=1S/C8H21NSi/c1-5-9-6-8(2)7-10(3)4/h8-10H,5-7H2,1-4H3. The van der Waals surface area contributed by atoms with Gasteiger partial charge < -0.3 is 5.32 Å². The van der Waals surface area contributed by atoms with E-state index in [9.17, 15) is 0 Å². The summed E-state index contributed by atoms with van der Waals surface area (Å²) in [4.78, 5) is 0. The summed E-state index contributed by atoms with van der Waals surface area (Å²) in [7, 11) is -0.311. The quantitative estimate of drug-likeness (QED) is 0.602. The van der Waals surface area contributed by atoms with Crippen molar-refractivity contribution in [3.05, 3.63) is 0 Å². The van der Waals surface area contributed by atoms with Crippen molar-refractivity contribution in [1.29, 1.82) is 0 Å². The fourth-order valence-electron chi connectivity index (χ4n) is 1.28. The van der Waals surface area contributed by atoms with Crippen LogP contribution < -0.4 is 5.32 Å². The average molecular weight is 159 g/mol. The van der Waals surface area contributed by atoms with Gasteiger partial charge in [-0.15, -0.1) is 0 Å². The molecule has 0 aliphatic rings. The van der Waals surface area contributed by atoms with Crippen LogP contribution in [0.2, 0.25) is 19.1 Å². The highest BCUT2D eigenvalue weighted by Gasteiger charge is 2.03. The van der Waals surface area contributed by atoms with Gasteiger partial charge in [0, 0.05) is 8.80 Å². The number of nitrogens with one attached hydrogen (secondary N) is 1. The van der Waals surface area contributed by atoms with Crippen LogP contribution in [0.5, 0.6) is 0 Å². The van der Waals surface area contributed by atoms with Gasteiger partial charge in [0.1, 0.15) is 0 Å². The highest BCUT2D eigenvalue weighted by Crippen LogP contribution is 2.04. The van der Waals surface area contributed by atoms with E-state index in [1.807, 2.05) is 0 Å². The van der Waals surface area contributed by atoms with Crippen molar-refractivity contribution in [2.45, 2.75) is 33.0 Å². The Hall–Kier alpha value is 0.177. The Balaban J connectivity index is 3.16. The molecule has 62 valence electrons. The largest absolute Gasteiger partial charge is 0.317 e. The smallest absolute Gasteiger partial charge is 0.0308 e. The van der Waals surface area contributed by atoms with Crippen molar-refractivity contribution in [3.8, 4) is 0 Å². The van der Waals surface area contributed by atoms with Crippen molar-refractivity contribution in [2.75, 3.05) is 13.1 Å². The van der Waals surface area contributed by atoms with Crippen LogP contribution in [0.1, 0.15) is 13.8 Å². The normalized spacial score (nSPS) is 14.1. The lowest BCUT2D eigenvalue weighted by Gasteiger charge is -2.12. The first-order chi connectivity index (χ1) is 4.66. The van der Waals surface area contributed by atoms with Crippen LogP contribution >= 0.6 is 0 Å². The van der Waals surface area contributed by atoms with Gasteiger partial charge in [-0.25, -0.2) is 0 Å². The summed E-state index contributed by atoms with van der Waals surface area (Å²) >= 11 is 0. The molecule has 0 radical (unpaired) electrons. The molecular formula is C8H21NSi. The van der Waals surface area contributed by atoms with E-state index in [2.05, 4.69) is 32.3 Å². The van der Waals surface area contributed by atoms with E-state index in [1.54, 1.807) is 0 Å². The average Bonchev–Trinajstić information content (AvgIpc) is 1.82. The van der Waals surface area contributed by atoms with Gasteiger partial charge in [0.2, 0.25) is 0 Å². The third kappa shape index (κ3) is 6.30. The van der Waals surface area contributed by atoms with Crippen molar-refractivity contribution in [1.82, 2.24) is 5.32 Å². The van der Waals surface area contributed by atoms with E-state index in [-0.39, 0.29) is 8.80 Å². The van der Waals surface area contributed by atoms with Crippen LogP contribution in [0.15, 0.2) is 0 Å². The minimum Gasteiger partial charge on any atom is -0.317 e. The molecule has 0 aromatic rings. The van der Waals surface area contributed by atoms with Gasteiger partial charge in [-0.1, -0.05) is 33.0 Å². The first kappa shape index (κ1) is 10.2. The molecule has 1 atom stereocenters. The predicted molar refractivity (Wildman–Crippen MR) is 51.4 cm³/mol. The zero-order chi connectivity index (χ0) is 7.98. The van der Waals surface area contributed by atoms with Gasteiger partial charge in [-0.3, -0.25) is 0 Å². The van der Waals surface area contributed by atoms with E-state index >= 15 is 0 Å². The molecule has 1 unspecified atom stereocenters. The number of rotatable bonds is 5. The summed E-state index contributed by atoms with van der Waals surface area (Å²) in [5.41, 5.74) is 0. The topological polar surface area (TPSA) is 12.0 Å². The highest BCUT2D eigenvalue weighted by molar-refractivity contribution is 6.55. The molecule has 2 heteroatoms. The predicted octanol–water partition coefficient (Wildman–Crippen LogP) is 1.72. The van der Waals surface area contributed by atoms with Crippen LogP contribution in [-0.2, 0) is 0 Å². The molecule has 10 heavy (non-hydrogen) atoms. The molecule has 1 N–H and O–H groups in total. The van der Waals surface area contributed by atoms with Crippen LogP contribution in [0.3, 0.4) is 0 Å². The van der Waals surface area contributed by atoms with E-state index in [1.165, 1.54) is 12.6 Å². The van der Waals surface area contributed by atoms with Gasteiger partial charge in [0.15, 0.2) is 0 Å². The highest BCUT2D eigenvalue weighted by atomic mass is 28.3. The lowest BCUT2D eigenvalue weighted by atomic mass is 10.2. The zero-order valence-corrected chi connectivity index (χ0v) is 8.93. The Morgan fingerprint density at radius 1 is 1.40 bits per heavy atom. The molecule has 0 bridgehead atoms. The molecule has 0 saturated heterocycles. The molecule has 0 aliphatic carbocycles. The van der Waals surface area contributed by atoms with Gasteiger partial charge >= 0.3 is 0 Å². The van der Waals surface area contributed by atoms with Crippen LogP contribution in [0, 0.1) is 5.92 Å². The van der Waals surface area contributed by atoms with E-state index in [0.29, 0.717) is 0 Å². The minimum absolute atomic E-state index is 0.311. The summed E-state index contributed by atoms with van der Waals surface area (Å²) in [5, 5.41) is 3.38. The third-order valence-electron chi connectivity index (χ3n) is 1.62. The first-order valence-electron chi connectivity index (χ1n) is 4.37. The van der Waals surface area contributed by atoms with Gasteiger partial charge in [0.25, 0.3) is 0 Å². The maximum atomic E-state index is 3.38. The molecule has 0 amide bonds. The van der Waals surface area contributed by atoms with Gasteiger partial charge in [-0.2, -0.15) is 0 Å². The lowest BCUT2D eigenvalue weighted by Crippen LogP contribution is -2.22. The SMILES string of the molecule is CCNCC(C)C[SiH](C)C. The fraction of sp³-hybridized carbons (Fsp3) is 1.00. The molecule has 0 aromatic heterocycles. The van der Waals surface area contributed by atoms with Crippen molar-refractivity contribution < 1.29 is 0 Å². The van der Waals surface area contributed by atoms with E-state index < -0.39 is 0 Å². The number of hydrogen-bond donors (Lipinski definition) is 1. The van der Waals surface area contributed by atoms with E-state index in [0.717, 1.165) is 12.5 Å². The Morgan fingerprint density at radius 2 is 2.00 bits per heavy atom. The Labute approximate surface area is 66.8 Å². The monoisotopic (exact) mass is 159 g/mol. The molecule has 0 aliphatic heterocycles. The molecule has 0 spiro atoms. The summed E-state index contributed by atoms with van der Waals surface area (Å²) in [6.07, 6.45) is 0. The van der Waals surface area contributed by atoms with Crippen molar-refractivity contribution >= 4 is 8.80 Å². The fourth-order valence-corrected chi connectivity index (χ4v) is 3.05. The second-order valence-corrected chi connectivity index (χ2v) is 6.80. The second-order valence-electron chi connectivity index (χ2n) is 3.54. The third-order valence-corrected chi connectivity index (χ3v) is 3.36. The number of hydrogen-bond acceptors (Lipinski definition) is 1. The molecule has 0 fully saturated rings. The Morgan fingerprint density at radius 3 is 2.40 bits per heavy atom. The first-order valence-corrected chi connectivity index (χ1v) is 7.50.